The van der Waals surface area contributed by atoms with Crippen LogP contribution < -0.4 is 9.80 Å². The van der Waals surface area contributed by atoms with Crippen LogP contribution in [0.5, 0.6) is 0 Å². The molecule has 5 rings (SSSR count). The number of anilines is 2. The zero-order chi connectivity index (χ0) is 26.5. The van der Waals surface area contributed by atoms with Crippen LogP contribution in [-0.2, 0) is 4.74 Å². The highest BCUT2D eigenvalue weighted by Crippen LogP contribution is 2.34. The van der Waals surface area contributed by atoms with Crippen LogP contribution in [-0.4, -0.2) is 75.9 Å². The molecule has 0 amide bonds. The predicted octanol–water partition coefficient (Wildman–Crippen LogP) is 5.89. The lowest BCUT2D eigenvalue weighted by molar-refractivity contribution is 0.0435. The summed E-state index contributed by atoms with van der Waals surface area (Å²) < 4.78 is 5.44. The lowest BCUT2D eigenvalue weighted by atomic mass is 10.0. The summed E-state index contributed by atoms with van der Waals surface area (Å²) >= 11 is 0. The fourth-order valence-electron chi connectivity index (χ4n) is 4.65. The van der Waals surface area contributed by atoms with E-state index in [-0.39, 0.29) is 0 Å². The van der Waals surface area contributed by atoms with Crippen LogP contribution >= 0.6 is 0 Å². The number of hydrogen-bond donors (Lipinski definition) is 1. The van der Waals surface area contributed by atoms with Crippen molar-refractivity contribution < 1.29 is 4.74 Å². The van der Waals surface area contributed by atoms with E-state index in [1.165, 1.54) is 16.9 Å². The van der Waals surface area contributed by atoms with Gasteiger partial charge in [-0.05, 0) is 29.8 Å². The Hall–Kier alpha value is -3.87. The summed E-state index contributed by atoms with van der Waals surface area (Å²) in [5.74, 6) is 0.868. The molecular weight excluding hydrogens is 470 g/mol. The van der Waals surface area contributed by atoms with Gasteiger partial charge in [-0.25, -0.2) is 4.98 Å². The van der Waals surface area contributed by atoms with Crippen molar-refractivity contribution in [2.45, 2.75) is 0 Å². The third-order valence-corrected chi connectivity index (χ3v) is 7.00. The zero-order valence-corrected chi connectivity index (χ0v) is 22.8. The van der Waals surface area contributed by atoms with Crippen molar-refractivity contribution in [3.63, 3.8) is 0 Å². The Bertz CT molecular complexity index is 1280. The number of aromatic nitrogens is 2. The van der Waals surface area contributed by atoms with E-state index in [1.807, 2.05) is 0 Å². The molecule has 0 unspecified atom stereocenters. The maximum Gasteiger partial charge on any atom is 0.138 e. The molecule has 0 bridgehead atoms. The van der Waals surface area contributed by atoms with Gasteiger partial charge in [-0.1, -0.05) is 60.7 Å². The van der Waals surface area contributed by atoms with Crippen molar-refractivity contribution in [3.05, 3.63) is 84.4 Å². The Morgan fingerprint density at radius 3 is 1.89 bits per heavy atom. The first-order valence-electron chi connectivity index (χ1n) is 13.2. The largest absolute Gasteiger partial charge is 0.379 e. The molecule has 6 nitrogen and oxygen atoms in total. The molecular formula is C32H37N5O. The van der Waals surface area contributed by atoms with Crippen LogP contribution in [0, 0.1) is 0 Å². The Morgan fingerprint density at radius 2 is 1.32 bits per heavy atom. The Labute approximate surface area is 226 Å². The summed E-state index contributed by atoms with van der Waals surface area (Å²) in [4.78, 5) is 15.4. The number of benzene rings is 3. The van der Waals surface area contributed by atoms with Gasteiger partial charge in [0, 0.05) is 75.9 Å². The zero-order valence-electron chi connectivity index (χ0n) is 22.8. The van der Waals surface area contributed by atoms with Crippen LogP contribution in [0.4, 0.5) is 11.4 Å². The smallest absolute Gasteiger partial charge is 0.138 e. The van der Waals surface area contributed by atoms with Crippen molar-refractivity contribution in [2.24, 2.45) is 0 Å². The minimum absolute atomic E-state index is 0.829. The number of aromatic amines is 1. The molecule has 4 aromatic rings. The lowest BCUT2D eigenvalue weighted by Crippen LogP contribution is -2.36. The van der Waals surface area contributed by atoms with E-state index < -0.39 is 0 Å². The van der Waals surface area contributed by atoms with Gasteiger partial charge in [0.1, 0.15) is 5.82 Å². The van der Waals surface area contributed by atoms with Gasteiger partial charge in [0.2, 0.25) is 0 Å². The molecule has 1 fully saturated rings. The monoisotopic (exact) mass is 507 g/mol. The van der Waals surface area contributed by atoms with Crippen molar-refractivity contribution in [3.8, 4) is 33.9 Å². The average Bonchev–Trinajstić information content (AvgIpc) is 3.40. The summed E-state index contributed by atoms with van der Waals surface area (Å²) in [6.07, 6.45) is 4.43. The van der Waals surface area contributed by atoms with Gasteiger partial charge in [0.25, 0.3) is 0 Å². The standard InChI is InChI=1S/C32H37N5O/c1-35(2)28-15-11-25(12-16-28)30-31(26-13-17-29(18-14-26)36(3)4)34-32(33-30)27-9-7-24(8-10-27)6-5-19-37-20-22-38-23-21-37/h5-18H,19-23H2,1-4H3,(H,33,34)/b6-5+. The van der Waals surface area contributed by atoms with Gasteiger partial charge in [-0.2, -0.15) is 0 Å². The highest BCUT2D eigenvalue weighted by molar-refractivity contribution is 5.82. The molecule has 1 saturated heterocycles. The quantitative estimate of drug-likeness (QED) is 0.322. The van der Waals surface area contributed by atoms with Gasteiger partial charge in [0.05, 0.1) is 24.6 Å². The van der Waals surface area contributed by atoms with Crippen molar-refractivity contribution in [1.29, 1.82) is 0 Å². The van der Waals surface area contributed by atoms with E-state index in [0.29, 0.717) is 0 Å². The third-order valence-electron chi connectivity index (χ3n) is 7.00. The molecule has 3 aromatic carbocycles. The topological polar surface area (TPSA) is 47.6 Å². The van der Waals surface area contributed by atoms with Crippen LogP contribution in [0.1, 0.15) is 5.56 Å². The lowest BCUT2D eigenvalue weighted by Gasteiger charge is -2.25. The van der Waals surface area contributed by atoms with E-state index in [2.05, 4.69) is 133 Å². The van der Waals surface area contributed by atoms with Gasteiger partial charge >= 0.3 is 0 Å². The second-order valence-electron chi connectivity index (χ2n) is 10.1. The minimum Gasteiger partial charge on any atom is -0.379 e. The molecule has 1 aliphatic rings. The first kappa shape index (κ1) is 25.8. The summed E-state index contributed by atoms with van der Waals surface area (Å²) in [6, 6.07) is 25.8. The second kappa shape index (κ2) is 11.7. The second-order valence-corrected chi connectivity index (χ2v) is 10.1. The molecule has 0 saturated carbocycles. The summed E-state index contributed by atoms with van der Waals surface area (Å²) in [7, 11) is 8.23. The maximum atomic E-state index is 5.44. The Morgan fingerprint density at radius 1 is 0.763 bits per heavy atom. The SMILES string of the molecule is CN(C)c1ccc(-c2nc(-c3ccc(/C=C/CN4CCOCC4)cc3)[nH]c2-c2ccc(N(C)C)cc2)cc1. The van der Waals surface area contributed by atoms with Crippen molar-refractivity contribution in [2.75, 3.05) is 70.8 Å². The molecule has 2 heterocycles. The maximum absolute atomic E-state index is 5.44. The molecule has 38 heavy (non-hydrogen) atoms. The number of H-pyrrole nitrogens is 1. The van der Waals surface area contributed by atoms with Crippen LogP contribution in [0.2, 0.25) is 0 Å². The Balaban J connectivity index is 1.43. The fourth-order valence-corrected chi connectivity index (χ4v) is 4.65. The van der Waals surface area contributed by atoms with E-state index in [1.54, 1.807) is 0 Å². The third kappa shape index (κ3) is 5.98. The number of imidazole rings is 1. The van der Waals surface area contributed by atoms with E-state index in [0.717, 1.165) is 66.8 Å². The van der Waals surface area contributed by atoms with Crippen LogP contribution in [0.3, 0.4) is 0 Å². The molecule has 0 aliphatic carbocycles. The van der Waals surface area contributed by atoms with Crippen molar-refractivity contribution >= 4 is 17.5 Å². The number of nitrogens with zero attached hydrogens (tertiary/aromatic N) is 4. The Kier molecular flexibility index (Phi) is 7.91. The number of ether oxygens (including phenoxy) is 1. The molecule has 0 atom stereocenters. The van der Waals surface area contributed by atoms with Crippen LogP contribution in [0.15, 0.2) is 78.9 Å². The molecule has 0 radical (unpaired) electrons. The number of hydrogen-bond acceptors (Lipinski definition) is 5. The van der Waals surface area contributed by atoms with Crippen molar-refractivity contribution in [1.82, 2.24) is 14.9 Å². The first-order valence-corrected chi connectivity index (χ1v) is 13.2. The summed E-state index contributed by atoms with van der Waals surface area (Å²) in [5.41, 5.74) is 8.78. The first-order chi connectivity index (χ1) is 18.5. The van der Waals surface area contributed by atoms with Gasteiger partial charge < -0.3 is 19.5 Å². The minimum atomic E-state index is 0.829. The van der Waals surface area contributed by atoms with Crippen LogP contribution in [0.25, 0.3) is 40.0 Å². The summed E-state index contributed by atoms with van der Waals surface area (Å²) in [6.45, 7) is 4.62. The predicted molar refractivity (Wildman–Crippen MR) is 160 cm³/mol. The van der Waals surface area contributed by atoms with Gasteiger partial charge in [0.15, 0.2) is 0 Å². The molecule has 1 aromatic heterocycles. The molecule has 1 aliphatic heterocycles. The average molecular weight is 508 g/mol. The molecule has 1 N–H and O–H groups in total. The fraction of sp³-hybridized carbons (Fsp3) is 0.281. The number of nitrogens with one attached hydrogen (secondary N) is 1. The van der Waals surface area contributed by atoms with E-state index >= 15 is 0 Å². The highest BCUT2D eigenvalue weighted by Gasteiger charge is 2.16. The molecule has 6 heteroatoms. The molecule has 0 spiro atoms. The summed E-state index contributed by atoms with van der Waals surface area (Å²) in [5, 5.41) is 0. The van der Waals surface area contributed by atoms with E-state index in [9.17, 15) is 0 Å². The highest BCUT2D eigenvalue weighted by atomic mass is 16.5. The van der Waals surface area contributed by atoms with E-state index in [4.69, 9.17) is 9.72 Å². The number of rotatable bonds is 8. The normalized spacial score (nSPS) is 14.2. The molecule has 196 valence electrons. The van der Waals surface area contributed by atoms with Gasteiger partial charge in [-0.15, -0.1) is 0 Å². The van der Waals surface area contributed by atoms with Gasteiger partial charge in [-0.3, -0.25) is 4.90 Å². The number of morpholine rings is 1.